The molecule has 1 atom stereocenters. The molecule has 12 heteroatoms. The number of nitrogens with two attached hydrogens (primary N) is 1. The number of rotatable bonds is 10. The van der Waals surface area contributed by atoms with Crippen LogP contribution in [0, 0.1) is 5.92 Å². The first kappa shape index (κ1) is 24.3. The van der Waals surface area contributed by atoms with E-state index in [1.54, 1.807) is 18.2 Å². The molecule has 1 fully saturated rings. The monoisotopic (exact) mass is 495 g/mol. The molecule has 0 aromatic heterocycles. The minimum atomic E-state index is -3.34. The predicted octanol–water partition coefficient (Wildman–Crippen LogP) is 3.81. The van der Waals surface area contributed by atoms with Gasteiger partial charge in [-0.05, 0) is 42.2 Å². The van der Waals surface area contributed by atoms with Crippen molar-refractivity contribution >= 4 is 23.4 Å². The number of amides is 3. The molecular formula is C23H21F4N3O5. The first-order valence-corrected chi connectivity index (χ1v) is 10.7. The third-order valence-electron chi connectivity index (χ3n) is 5.73. The molecule has 4 rings (SSSR count). The third kappa shape index (κ3) is 5.47. The van der Waals surface area contributed by atoms with Crippen LogP contribution < -0.4 is 20.5 Å². The summed E-state index contributed by atoms with van der Waals surface area (Å²) in [5.41, 5.74) is 6.69. The number of anilines is 1. The molecule has 0 saturated heterocycles. The summed E-state index contributed by atoms with van der Waals surface area (Å²) < 4.78 is 59.7. The largest absolute Gasteiger partial charge is 0.431 e. The Balaban J connectivity index is 1.67. The van der Waals surface area contributed by atoms with Crippen molar-refractivity contribution < 1.29 is 41.4 Å². The molecule has 1 heterocycles. The van der Waals surface area contributed by atoms with Gasteiger partial charge in [0.2, 0.25) is 11.8 Å². The summed E-state index contributed by atoms with van der Waals surface area (Å²) in [6.07, 6.45) is 1.17. The fourth-order valence-corrected chi connectivity index (χ4v) is 4.03. The number of alkyl halides is 4. The highest BCUT2D eigenvalue weighted by molar-refractivity contribution is 6.07. The molecule has 8 nitrogen and oxygen atoms in total. The van der Waals surface area contributed by atoms with Gasteiger partial charge in [-0.25, -0.2) is 0 Å². The number of hydrogen-bond acceptors (Lipinski definition) is 5. The highest BCUT2D eigenvalue weighted by Crippen LogP contribution is 2.40. The Hall–Kier alpha value is -3.83. The molecule has 0 spiro atoms. The van der Waals surface area contributed by atoms with Crippen LogP contribution in [0.25, 0.3) is 0 Å². The van der Waals surface area contributed by atoms with Gasteiger partial charge in [0.15, 0.2) is 11.5 Å². The number of nitrogens with one attached hydrogen (secondary N) is 1. The van der Waals surface area contributed by atoms with Crippen LogP contribution in [0.15, 0.2) is 36.4 Å². The van der Waals surface area contributed by atoms with Crippen molar-refractivity contribution in [3.05, 3.63) is 53.1 Å². The van der Waals surface area contributed by atoms with Gasteiger partial charge < -0.3 is 25.4 Å². The standard InChI is InChI=1S/C23H21F4N3O5/c24-22(25)34-16-7-6-12(8-17(16)35-23(26)27)15(9-18(28)31)30-10-13-2-1-3-14(19(13)21(30)33)29-20(32)11-4-5-11/h1-3,6-8,11,15,22-23H,4-5,9-10H2,(H2,28,31)(H,29,32). The molecule has 3 amide bonds. The Morgan fingerprint density at radius 2 is 1.74 bits per heavy atom. The molecule has 0 bridgehead atoms. The van der Waals surface area contributed by atoms with E-state index in [9.17, 15) is 31.9 Å². The van der Waals surface area contributed by atoms with Crippen LogP contribution >= 0.6 is 0 Å². The molecule has 2 aromatic carbocycles. The number of nitrogens with zero attached hydrogens (tertiary/aromatic N) is 1. The SMILES string of the molecule is NC(=O)CC(c1ccc(OC(F)F)c(OC(F)F)c1)N1Cc2cccc(NC(=O)C3CC3)c2C1=O. The Morgan fingerprint density at radius 3 is 2.37 bits per heavy atom. The second-order valence-corrected chi connectivity index (χ2v) is 8.19. The number of carbonyl (C=O) groups is 3. The van der Waals surface area contributed by atoms with Crippen LogP contribution in [0.5, 0.6) is 11.5 Å². The maximum Gasteiger partial charge on any atom is 0.387 e. The summed E-state index contributed by atoms with van der Waals surface area (Å²) in [4.78, 5) is 38.8. The lowest BCUT2D eigenvalue weighted by Gasteiger charge is -2.28. The lowest BCUT2D eigenvalue weighted by atomic mass is 10.0. The first-order valence-electron chi connectivity index (χ1n) is 10.7. The van der Waals surface area contributed by atoms with E-state index in [1.807, 2.05) is 0 Å². The summed E-state index contributed by atoms with van der Waals surface area (Å²) in [7, 11) is 0. The normalized spacial score (nSPS) is 15.8. The molecule has 0 radical (unpaired) electrons. The molecule has 1 aliphatic heterocycles. The number of carbonyl (C=O) groups excluding carboxylic acids is 3. The molecule has 35 heavy (non-hydrogen) atoms. The fraction of sp³-hybridized carbons (Fsp3) is 0.348. The Morgan fingerprint density at radius 1 is 1.06 bits per heavy atom. The second kappa shape index (κ2) is 9.80. The zero-order valence-corrected chi connectivity index (χ0v) is 18.2. The van der Waals surface area contributed by atoms with E-state index in [0.29, 0.717) is 11.3 Å². The van der Waals surface area contributed by atoms with Crippen molar-refractivity contribution in [2.24, 2.45) is 11.7 Å². The van der Waals surface area contributed by atoms with E-state index >= 15 is 0 Å². The Bertz CT molecular complexity index is 1160. The number of fused-ring (bicyclic) bond motifs is 1. The van der Waals surface area contributed by atoms with Crippen LogP contribution in [-0.4, -0.2) is 35.8 Å². The summed E-state index contributed by atoms with van der Waals surface area (Å²) in [5, 5.41) is 2.76. The van der Waals surface area contributed by atoms with Crippen LogP contribution in [0.4, 0.5) is 23.2 Å². The third-order valence-corrected chi connectivity index (χ3v) is 5.73. The van der Waals surface area contributed by atoms with E-state index in [1.165, 1.54) is 11.0 Å². The van der Waals surface area contributed by atoms with Crippen LogP contribution in [0.1, 0.15) is 46.8 Å². The van der Waals surface area contributed by atoms with Gasteiger partial charge in [0.25, 0.3) is 5.91 Å². The van der Waals surface area contributed by atoms with Crippen LogP contribution in [-0.2, 0) is 16.1 Å². The van der Waals surface area contributed by atoms with Gasteiger partial charge in [-0.3, -0.25) is 14.4 Å². The number of hydrogen-bond donors (Lipinski definition) is 2. The van der Waals surface area contributed by atoms with Crippen LogP contribution in [0.3, 0.4) is 0 Å². The van der Waals surface area contributed by atoms with Gasteiger partial charge in [-0.15, -0.1) is 0 Å². The molecule has 2 aliphatic rings. The molecule has 1 saturated carbocycles. The van der Waals surface area contributed by atoms with Gasteiger partial charge >= 0.3 is 13.2 Å². The highest BCUT2D eigenvalue weighted by atomic mass is 19.3. The van der Waals surface area contributed by atoms with Crippen molar-refractivity contribution in [3.8, 4) is 11.5 Å². The van der Waals surface area contributed by atoms with Gasteiger partial charge in [-0.1, -0.05) is 18.2 Å². The van der Waals surface area contributed by atoms with E-state index < -0.39 is 42.6 Å². The van der Waals surface area contributed by atoms with E-state index in [-0.39, 0.29) is 35.9 Å². The van der Waals surface area contributed by atoms with E-state index in [2.05, 4.69) is 14.8 Å². The fourth-order valence-electron chi connectivity index (χ4n) is 4.03. The van der Waals surface area contributed by atoms with Gasteiger partial charge in [0, 0.05) is 12.5 Å². The summed E-state index contributed by atoms with van der Waals surface area (Å²) in [5.74, 6) is -2.91. The van der Waals surface area contributed by atoms with Gasteiger partial charge in [-0.2, -0.15) is 17.6 Å². The van der Waals surface area contributed by atoms with Crippen molar-refractivity contribution in [2.75, 3.05) is 5.32 Å². The maximum absolute atomic E-state index is 13.4. The highest BCUT2D eigenvalue weighted by Gasteiger charge is 2.38. The van der Waals surface area contributed by atoms with E-state index in [0.717, 1.165) is 25.0 Å². The van der Waals surface area contributed by atoms with Gasteiger partial charge in [0.1, 0.15) is 0 Å². The summed E-state index contributed by atoms with van der Waals surface area (Å²) >= 11 is 0. The Kier molecular flexibility index (Phi) is 6.81. The van der Waals surface area contributed by atoms with Crippen molar-refractivity contribution in [3.63, 3.8) is 0 Å². The average Bonchev–Trinajstić information content (AvgIpc) is 3.57. The molecule has 3 N–H and O–H groups in total. The van der Waals surface area contributed by atoms with Crippen LogP contribution in [0.2, 0.25) is 0 Å². The quantitative estimate of drug-likeness (QED) is 0.487. The average molecular weight is 495 g/mol. The number of benzene rings is 2. The lowest BCUT2D eigenvalue weighted by molar-refractivity contribution is -0.119. The summed E-state index contributed by atoms with van der Waals surface area (Å²) in [6, 6.07) is 7.18. The molecular weight excluding hydrogens is 474 g/mol. The lowest BCUT2D eigenvalue weighted by Crippen LogP contribution is -2.32. The molecule has 186 valence electrons. The number of halogens is 4. The minimum absolute atomic E-state index is 0.0412. The summed E-state index contributed by atoms with van der Waals surface area (Å²) in [6.45, 7) is -6.59. The second-order valence-electron chi connectivity index (χ2n) is 8.19. The maximum atomic E-state index is 13.4. The molecule has 1 aliphatic carbocycles. The molecule has 1 unspecified atom stereocenters. The minimum Gasteiger partial charge on any atom is -0.431 e. The van der Waals surface area contributed by atoms with E-state index in [4.69, 9.17) is 5.73 Å². The van der Waals surface area contributed by atoms with Crippen molar-refractivity contribution in [2.45, 2.75) is 45.1 Å². The zero-order chi connectivity index (χ0) is 25.3. The van der Waals surface area contributed by atoms with Crippen molar-refractivity contribution in [1.29, 1.82) is 0 Å². The number of primary amides is 1. The first-order chi connectivity index (χ1) is 16.6. The topological polar surface area (TPSA) is 111 Å². The van der Waals surface area contributed by atoms with Crippen molar-refractivity contribution in [1.82, 2.24) is 4.90 Å². The zero-order valence-electron chi connectivity index (χ0n) is 18.2. The van der Waals surface area contributed by atoms with Gasteiger partial charge in [0.05, 0.1) is 23.7 Å². The Labute approximate surface area is 197 Å². The smallest absolute Gasteiger partial charge is 0.387 e. The molecule has 2 aromatic rings. The predicted molar refractivity (Wildman–Crippen MR) is 114 cm³/mol. The number of ether oxygens (including phenoxy) is 2.